The van der Waals surface area contributed by atoms with Gasteiger partial charge in [-0.05, 0) is 31.4 Å². The molecule has 1 aliphatic heterocycles. The summed E-state index contributed by atoms with van der Waals surface area (Å²) in [6.45, 7) is 3.66. The average molecular weight is 342 g/mol. The smallest absolute Gasteiger partial charge is 0.272 e. The number of aryl methyl sites for hydroxylation is 1. The molecule has 2 aromatic heterocycles. The van der Waals surface area contributed by atoms with Gasteiger partial charge in [0.15, 0.2) is 5.82 Å². The number of carbonyl (C=O) groups excluding carboxylic acids is 1. The molecule has 25 heavy (non-hydrogen) atoms. The molecule has 2 aromatic rings. The van der Waals surface area contributed by atoms with E-state index in [1.54, 1.807) is 19.4 Å². The maximum Gasteiger partial charge on any atom is 0.272 e. The Morgan fingerprint density at radius 3 is 2.88 bits per heavy atom. The third-order valence-electron chi connectivity index (χ3n) is 4.96. The zero-order valence-electron chi connectivity index (χ0n) is 14.5. The Bertz CT molecular complexity index is 754. The molecule has 4 rings (SSSR count). The summed E-state index contributed by atoms with van der Waals surface area (Å²) in [4.78, 5) is 23.4. The normalized spacial score (nSPS) is 23.2. The van der Waals surface area contributed by atoms with Crippen molar-refractivity contribution in [3.63, 3.8) is 0 Å². The molecule has 1 aliphatic carbocycles. The van der Waals surface area contributed by atoms with Crippen LogP contribution < -0.4 is 0 Å². The van der Waals surface area contributed by atoms with Crippen molar-refractivity contribution in [3.05, 3.63) is 41.3 Å². The van der Waals surface area contributed by atoms with Crippen molar-refractivity contribution in [3.8, 4) is 0 Å². The van der Waals surface area contributed by atoms with Crippen molar-refractivity contribution in [2.45, 2.75) is 31.6 Å². The number of carbonyl (C=O) groups is 1. The quantitative estimate of drug-likeness (QED) is 0.828. The summed E-state index contributed by atoms with van der Waals surface area (Å²) < 4.78 is 10.9. The Morgan fingerprint density at radius 1 is 1.36 bits per heavy atom. The molecular formula is C18H22N4O3. The van der Waals surface area contributed by atoms with Crippen molar-refractivity contribution in [1.82, 2.24) is 20.0 Å². The monoisotopic (exact) mass is 342 g/mol. The van der Waals surface area contributed by atoms with E-state index in [0.717, 1.165) is 24.2 Å². The first-order chi connectivity index (χ1) is 12.2. The fourth-order valence-corrected chi connectivity index (χ4v) is 3.36. The molecule has 3 heterocycles. The summed E-state index contributed by atoms with van der Waals surface area (Å²) in [6.07, 6.45) is 3.98. The SMILES string of the molecule is COC[C@@H]1CN(C(=O)c2ccc(C)cn2)C[C@H]1c1nc(C2CC2)no1. The van der Waals surface area contributed by atoms with Gasteiger partial charge in [0.2, 0.25) is 5.89 Å². The van der Waals surface area contributed by atoms with E-state index in [1.165, 1.54) is 0 Å². The van der Waals surface area contributed by atoms with Gasteiger partial charge in [0.05, 0.1) is 12.5 Å². The van der Waals surface area contributed by atoms with Crippen molar-refractivity contribution < 1.29 is 14.1 Å². The van der Waals surface area contributed by atoms with Crippen LogP contribution in [0.2, 0.25) is 0 Å². The summed E-state index contributed by atoms with van der Waals surface area (Å²) in [7, 11) is 1.67. The number of hydrogen-bond donors (Lipinski definition) is 0. The van der Waals surface area contributed by atoms with E-state index in [1.807, 2.05) is 17.9 Å². The molecule has 2 aliphatic rings. The minimum absolute atomic E-state index is 0.00866. The number of nitrogens with zero attached hydrogens (tertiary/aromatic N) is 4. The van der Waals surface area contributed by atoms with Gasteiger partial charge in [-0.25, -0.2) is 0 Å². The molecule has 132 valence electrons. The molecule has 2 atom stereocenters. The molecule has 1 saturated carbocycles. The molecular weight excluding hydrogens is 320 g/mol. The zero-order chi connectivity index (χ0) is 17.4. The number of amides is 1. The predicted molar refractivity (Wildman–Crippen MR) is 89.3 cm³/mol. The van der Waals surface area contributed by atoms with E-state index in [2.05, 4.69) is 15.1 Å². The van der Waals surface area contributed by atoms with Crippen LogP contribution in [0, 0.1) is 12.8 Å². The third-order valence-corrected chi connectivity index (χ3v) is 4.96. The Kier molecular flexibility index (Phi) is 4.25. The first kappa shape index (κ1) is 16.2. The standard InChI is InChI=1S/C18H22N4O3/c1-11-3-6-15(19-7-11)18(23)22-8-13(10-24-2)14(9-22)17-20-16(21-25-17)12-4-5-12/h3,6-7,12-14H,4-5,8-10H2,1-2H3/t13-,14+/m0/s1. The molecule has 0 spiro atoms. The van der Waals surface area contributed by atoms with Crippen LogP contribution in [0.1, 0.15) is 52.4 Å². The fraction of sp³-hybridized carbons (Fsp3) is 0.556. The summed E-state index contributed by atoms with van der Waals surface area (Å²) in [5, 5.41) is 4.11. The summed E-state index contributed by atoms with van der Waals surface area (Å²) in [5.41, 5.74) is 1.50. The Labute approximate surface area is 146 Å². The molecule has 1 saturated heterocycles. The summed E-state index contributed by atoms with van der Waals surface area (Å²) in [6, 6.07) is 3.68. The Morgan fingerprint density at radius 2 is 2.20 bits per heavy atom. The lowest BCUT2D eigenvalue weighted by Gasteiger charge is -2.15. The highest BCUT2D eigenvalue weighted by atomic mass is 16.5. The van der Waals surface area contributed by atoms with Crippen molar-refractivity contribution in [2.75, 3.05) is 26.8 Å². The zero-order valence-corrected chi connectivity index (χ0v) is 14.5. The number of pyridine rings is 1. The van der Waals surface area contributed by atoms with Crippen LogP contribution in [0.3, 0.4) is 0 Å². The molecule has 1 amide bonds. The highest BCUT2D eigenvalue weighted by Crippen LogP contribution is 2.40. The predicted octanol–water partition coefficient (Wildman–Crippen LogP) is 2.15. The van der Waals surface area contributed by atoms with E-state index in [9.17, 15) is 4.79 Å². The number of methoxy groups -OCH3 is 1. The minimum Gasteiger partial charge on any atom is -0.384 e. The first-order valence-corrected chi connectivity index (χ1v) is 8.70. The summed E-state index contributed by atoms with van der Waals surface area (Å²) in [5.74, 6) is 1.97. The number of aromatic nitrogens is 3. The second-order valence-corrected chi connectivity index (χ2v) is 7.02. The number of likely N-dealkylation sites (tertiary alicyclic amines) is 1. The van der Waals surface area contributed by atoms with E-state index >= 15 is 0 Å². The molecule has 0 N–H and O–H groups in total. The van der Waals surface area contributed by atoms with Gasteiger partial charge in [0.1, 0.15) is 5.69 Å². The molecule has 0 aromatic carbocycles. The lowest BCUT2D eigenvalue weighted by atomic mass is 9.97. The van der Waals surface area contributed by atoms with Crippen LogP contribution in [0.15, 0.2) is 22.9 Å². The van der Waals surface area contributed by atoms with Gasteiger partial charge in [0.25, 0.3) is 5.91 Å². The largest absolute Gasteiger partial charge is 0.384 e. The molecule has 0 bridgehead atoms. The lowest BCUT2D eigenvalue weighted by molar-refractivity contribution is 0.0769. The van der Waals surface area contributed by atoms with Crippen molar-refractivity contribution >= 4 is 5.91 Å². The van der Waals surface area contributed by atoms with Gasteiger partial charge >= 0.3 is 0 Å². The van der Waals surface area contributed by atoms with Crippen LogP contribution in [0.25, 0.3) is 0 Å². The van der Waals surface area contributed by atoms with Gasteiger partial charge in [-0.3, -0.25) is 9.78 Å². The second kappa shape index (κ2) is 6.55. The van der Waals surface area contributed by atoms with Gasteiger partial charge in [-0.2, -0.15) is 4.98 Å². The highest BCUT2D eigenvalue weighted by Gasteiger charge is 2.41. The first-order valence-electron chi connectivity index (χ1n) is 8.70. The third kappa shape index (κ3) is 3.28. The second-order valence-electron chi connectivity index (χ2n) is 7.02. The average Bonchev–Trinajstić information content (AvgIpc) is 3.20. The van der Waals surface area contributed by atoms with Crippen LogP contribution in [0.4, 0.5) is 0 Å². The molecule has 7 nitrogen and oxygen atoms in total. The van der Waals surface area contributed by atoms with E-state index in [-0.39, 0.29) is 17.7 Å². The van der Waals surface area contributed by atoms with Crippen LogP contribution in [0.5, 0.6) is 0 Å². The maximum atomic E-state index is 12.8. The van der Waals surface area contributed by atoms with Crippen molar-refractivity contribution in [1.29, 1.82) is 0 Å². The lowest BCUT2D eigenvalue weighted by Crippen LogP contribution is -2.30. The van der Waals surface area contributed by atoms with E-state index in [0.29, 0.717) is 37.2 Å². The molecule has 2 fully saturated rings. The molecule has 0 radical (unpaired) electrons. The fourth-order valence-electron chi connectivity index (χ4n) is 3.36. The van der Waals surface area contributed by atoms with Crippen molar-refractivity contribution in [2.24, 2.45) is 5.92 Å². The molecule has 0 unspecified atom stereocenters. The number of ether oxygens (including phenoxy) is 1. The van der Waals surface area contributed by atoms with Gasteiger partial charge < -0.3 is 14.2 Å². The molecule has 7 heteroatoms. The number of rotatable bonds is 5. The Balaban J connectivity index is 1.52. The maximum absolute atomic E-state index is 12.8. The van der Waals surface area contributed by atoms with Gasteiger partial charge in [0, 0.05) is 38.2 Å². The van der Waals surface area contributed by atoms with Gasteiger partial charge in [-0.15, -0.1) is 0 Å². The summed E-state index contributed by atoms with van der Waals surface area (Å²) >= 11 is 0. The van der Waals surface area contributed by atoms with E-state index < -0.39 is 0 Å². The minimum atomic E-state index is -0.0643. The van der Waals surface area contributed by atoms with Crippen LogP contribution in [-0.4, -0.2) is 52.7 Å². The Hall–Kier alpha value is -2.28. The van der Waals surface area contributed by atoms with Crippen LogP contribution >= 0.6 is 0 Å². The van der Waals surface area contributed by atoms with E-state index in [4.69, 9.17) is 9.26 Å². The van der Waals surface area contributed by atoms with Crippen LogP contribution in [-0.2, 0) is 4.74 Å². The topological polar surface area (TPSA) is 81.4 Å². The number of hydrogen-bond acceptors (Lipinski definition) is 6. The van der Waals surface area contributed by atoms with Gasteiger partial charge in [-0.1, -0.05) is 11.2 Å². The highest BCUT2D eigenvalue weighted by molar-refractivity contribution is 5.92.